The lowest BCUT2D eigenvalue weighted by molar-refractivity contribution is -0.121. The largest absolute Gasteiger partial charge is 0.378 e. The highest BCUT2D eigenvalue weighted by Gasteiger charge is 2.42. The van der Waals surface area contributed by atoms with Crippen molar-refractivity contribution in [2.75, 3.05) is 195 Å². The monoisotopic (exact) mass is 1880 g/mol. The highest BCUT2D eigenvalue weighted by Crippen LogP contribution is 2.43. The maximum absolute atomic E-state index is 15.0. The van der Waals surface area contributed by atoms with Gasteiger partial charge in [0.15, 0.2) is 23.3 Å². The van der Waals surface area contributed by atoms with Crippen LogP contribution >= 0.6 is 0 Å². The van der Waals surface area contributed by atoms with Gasteiger partial charge in [0.25, 0.3) is 41.4 Å². The SMILES string of the molecule is CN(C)[C@H]1CN(C2CCc3cccc(F)c32)C[C@@H]1c1ccc(N2CCN(S(=O)(=O)CCOCCOCCOCCOCCOCCNC(=O)CCNC(=O)c3nc(NC(=O)c4cc(NC(=O)CCNC(=O)c5nc(NC(=O)CCCNC(=O)c6cc(NC(=O)c7nc(NC(=O)CCNC(=O)c8cc(NC(=O)c9nccn9C)cn8C)cn7C)cn6C)cn5C)cn4C)cn3C)CC2)cc1. The van der Waals surface area contributed by atoms with Crippen molar-refractivity contribution in [3.63, 3.8) is 0 Å². The standard InChI is InChI=1S/C88H117FN26O18S/c1-105(2)69-53-114(65-20-17-58-12-10-13-64(89)77(58)65)52-63(69)57-15-18-62(19-16-57)113-31-33-115(34-32-113)134(127,128)45-44-133-43-42-132-41-40-131-39-38-130-37-36-129-35-29-90-73(116)21-25-94-86(124)80-103-72(56-111(80)8)104-84(122)68-46-59(49-109(68)6)96-75(118)22-27-95-85(123)79-101-70(54-110(79)7)99-74(117)14-11-24-92-82(120)66-48-61(51-107(66)4)98-88(126)81-102-71(55-112(81)9)100-76(119)23-26-93-83(121)67-47-60(50-108(67)5)97-87(125)78-91-28-30-106(78)3/h10,12-13,15-16,18-19,28,30,46-51,54-56,63,65,69H,11,14,17,20-27,29,31-45,52-53H2,1-9H3,(H,90,116)(H,92,120)(H,93,121)(H,94,124)(H,95,123)(H,96,118)(H,97,125)(H,98,126)(H,99,117)(H,100,119)(H,104,122)/t63-,65?,69+/m1/s1. The predicted octanol–water partition coefficient (Wildman–Crippen LogP) is 2.69. The number of hydrogen-bond acceptors (Lipinski definition) is 25. The van der Waals surface area contributed by atoms with E-state index in [1.54, 1.807) is 76.7 Å². The first-order chi connectivity index (χ1) is 64.3. The van der Waals surface area contributed by atoms with E-state index in [0.29, 0.717) is 70.9 Å². The van der Waals surface area contributed by atoms with Crippen LogP contribution in [0.5, 0.6) is 0 Å². The summed E-state index contributed by atoms with van der Waals surface area (Å²) in [5, 5.41) is 29.4. The number of carbonyl (C=O) groups excluding carboxylic acids is 11. The molecule has 46 heteroatoms. The van der Waals surface area contributed by atoms with Gasteiger partial charge in [0.2, 0.25) is 51.1 Å². The normalized spacial score (nSPS) is 15.0. The summed E-state index contributed by atoms with van der Waals surface area (Å²) in [7, 11) is 11.9. The summed E-state index contributed by atoms with van der Waals surface area (Å²) in [4.78, 5) is 167. The van der Waals surface area contributed by atoms with E-state index in [0.717, 1.165) is 42.7 Å². The van der Waals surface area contributed by atoms with Crippen LogP contribution in [0.2, 0.25) is 0 Å². The van der Waals surface area contributed by atoms with Gasteiger partial charge in [-0.1, -0.05) is 24.3 Å². The van der Waals surface area contributed by atoms with Gasteiger partial charge in [-0.3, -0.25) is 57.6 Å². The van der Waals surface area contributed by atoms with Gasteiger partial charge >= 0.3 is 0 Å². The molecule has 9 heterocycles. The third kappa shape index (κ3) is 27.4. The summed E-state index contributed by atoms with van der Waals surface area (Å²) in [6, 6.07) is 18.9. The number of nitrogens with one attached hydrogen (secondary N) is 11. The van der Waals surface area contributed by atoms with Crippen LogP contribution in [0.15, 0.2) is 110 Å². The Morgan fingerprint density at radius 1 is 0.448 bits per heavy atom. The molecule has 44 nitrogen and oxygen atoms in total. The Bertz CT molecular complexity index is 5770. The van der Waals surface area contributed by atoms with Gasteiger partial charge in [0.1, 0.15) is 22.9 Å². The maximum atomic E-state index is 15.0. The van der Waals surface area contributed by atoms with Gasteiger partial charge in [0, 0.05) is 226 Å². The topological polar surface area (TPSA) is 499 Å². The van der Waals surface area contributed by atoms with Gasteiger partial charge < -0.3 is 124 Å². The van der Waals surface area contributed by atoms with Crippen LogP contribution in [0.1, 0.15) is 141 Å². The molecule has 2 saturated heterocycles. The molecule has 2 aliphatic heterocycles. The van der Waals surface area contributed by atoms with Crippen molar-refractivity contribution >= 4 is 115 Å². The van der Waals surface area contributed by atoms with Crippen LogP contribution < -0.4 is 63.4 Å². The Labute approximate surface area is 773 Å². The zero-order valence-corrected chi connectivity index (χ0v) is 77.3. The Morgan fingerprint density at radius 2 is 0.910 bits per heavy atom. The number of piperazine rings is 1. The van der Waals surface area contributed by atoms with Crippen LogP contribution in [0.3, 0.4) is 0 Å². The number of ether oxygens (including phenoxy) is 5. The van der Waals surface area contributed by atoms with Crippen molar-refractivity contribution in [3.8, 4) is 0 Å². The van der Waals surface area contributed by atoms with E-state index in [-0.39, 0.29) is 197 Å². The molecular formula is C88H117FN26O18S. The number of likely N-dealkylation sites (tertiary alicyclic amines) is 1. The van der Waals surface area contributed by atoms with Crippen LogP contribution in [0, 0.1) is 5.82 Å². The third-order valence-corrected chi connectivity index (χ3v) is 24.6. The van der Waals surface area contributed by atoms with E-state index in [2.05, 4.69) is 138 Å². The summed E-state index contributed by atoms with van der Waals surface area (Å²) in [6.45, 7) is 6.58. The third-order valence-electron chi connectivity index (χ3n) is 22.8. The van der Waals surface area contributed by atoms with Crippen molar-refractivity contribution in [3.05, 3.63) is 173 Å². The fourth-order valence-corrected chi connectivity index (χ4v) is 17.2. The van der Waals surface area contributed by atoms with E-state index >= 15 is 4.39 Å². The van der Waals surface area contributed by atoms with E-state index < -0.39 is 69.1 Å². The molecule has 3 atom stereocenters. The van der Waals surface area contributed by atoms with Gasteiger partial charge in [-0.2, -0.15) is 4.31 Å². The molecule has 9 aromatic rings. The number of amides is 11. The van der Waals surface area contributed by atoms with E-state index in [4.69, 9.17) is 23.7 Å². The number of carbonyl (C=O) groups is 11. The van der Waals surface area contributed by atoms with Gasteiger partial charge in [-0.05, 0) is 80.9 Å². The maximum Gasteiger partial charge on any atom is 0.291 e. The van der Waals surface area contributed by atoms with Gasteiger partial charge in [-0.25, -0.2) is 32.7 Å². The fourth-order valence-electron chi connectivity index (χ4n) is 15.9. The Balaban J connectivity index is 0.438. The van der Waals surface area contributed by atoms with Crippen molar-refractivity contribution in [2.24, 2.45) is 49.3 Å². The quantitative estimate of drug-likeness (QED) is 0.0244. The Hall–Kier alpha value is -13.4. The number of anilines is 7. The Kier molecular flexibility index (Phi) is 35.2. The molecule has 2 aromatic carbocycles. The minimum Gasteiger partial charge on any atom is -0.378 e. The van der Waals surface area contributed by atoms with Crippen molar-refractivity contribution in [1.29, 1.82) is 0 Å². The van der Waals surface area contributed by atoms with Crippen LogP contribution in [-0.2, 0) is 109 Å². The number of nitrogens with zero attached hydrogens (tertiary/aromatic N) is 15. The zero-order chi connectivity index (χ0) is 95.7. The van der Waals surface area contributed by atoms with Gasteiger partial charge in [0.05, 0.1) is 88.9 Å². The minimum absolute atomic E-state index is 0.00450. The number of hydrogen-bond donors (Lipinski definition) is 11. The smallest absolute Gasteiger partial charge is 0.291 e. The van der Waals surface area contributed by atoms with Crippen LogP contribution in [0.25, 0.3) is 0 Å². The molecule has 11 N–H and O–H groups in total. The lowest BCUT2D eigenvalue weighted by atomic mass is 9.93. The first-order valence-electron chi connectivity index (χ1n) is 44.0. The number of sulfonamides is 1. The van der Waals surface area contributed by atoms with Crippen LogP contribution in [-0.4, -0.2) is 303 Å². The second kappa shape index (κ2) is 47.3. The molecule has 0 spiro atoms. The molecule has 0 radical (unpaired) electrons. The Morgan fingerprint density at radius 3 is 1.44 bits per heavy atom. The van der Waals surface area contributed by atoms with Crippen molar-refractivity contribution < 1.29 is 89.2 Å². The number of halogens is 1. The molecular weight excluding hydrogens is 1760 g/mol. The molecule has 2 fully saturated rings. The second-order valence-corrected chi connectivity index (χ2v) is 34.9. The summed E-state index contributed by atoms with van der Waals surface area (Å²) >= 11 is 0. The number of likely N-dealkylation sites (N-methyl/N-ethyl adjacent to an activating group) is 1. The summed E-state index contributed by atoms with van der Waals surface area (Å²) in [6.07, 6.45) is 13.7. The zero-order valence-electron chi connectivity index (χ0n) is 76.5. The molecule has 134 heavy (non-hydrogen) atoms. The number of fused-ring (bicyclic) bond motifs is 1. The second-order valence-electron chi connectivity index (χ2n) is 32.8. The fraction of sp³-hybridized carbons (Fsp3) is 0.466. The predicted molar refractivity (Wildman–Crippen MR) is 492 cm³/mol. The van der Waals surface area contributed by atoms with E-state index in [1.165, 1.54) is 88.3 Å². The average Bonchev–Trinajstić information content (AvgIpc) is 1.62. The number of aromatic nitrogens is 11. The molecule has 0 saturated carbocycles. The summed E-state index contributed by atoms with van der Waals surface area (Å²) < 4.78 is 81.1. The lowest BCUT2D eigenvalue weighted by Crippen LogP contribution is -2.49. The first-order valence-corrected chi connectivity index (χ1v) is 45.6. The number of rotatable bonds is 49. The van der Waals surface area contributed by atoms with Crippen LogP contribution in [0.4, 0.5) is 44.6 Å². The molecule has 3 aliphatic rings. The molecule has 1 unspecified atom stereocenters. The average molecular weight is 1880 g/mol. The lowest BCUT2D eigenvalue weighted by Gasteiger charge is -2.35. The molecule has 7 aromatic heterocycles. The van der Waals surface area contributed by atoms with E-state index in [1.807, 2.05) is 6.07 Å². The molecule has 11 amide bonds. The first kappa shape index (κ1) is 99.7. The summed E-state index contributed by atoms with van der Waals surface area (Å²) in [5.74, 6) is -5.33. The number of aryl methyl sites for hydroxylation is 8. The van der Waals surface area contributed by atoms with Crippen molar-refractivity contribution in [1.82, 2.24) is 92.6 Å². The molecule has 1 aliphatic carbocycles. The molecule has 720 valence electrons. The molecule has 12 rings (SSSR count). The highest BCUT2D eigenvalue weighted by atomic mass is 32.2. The number of benzene rings is 2. The van der Waals surface area contributed by atoms with Gasteiger partial charge in [-0.15, -0.1) is 0 Å². The summed E-state index contributed by atoms with van der Waals surface area (Å²) in [5.41, 5.74) is 5.78. The number of imidazole rings is 4. The minimum atomic E-state index is -3.51. The van der Waals surface area contributed by atoms with Crippen molar-refractivity contribution in [2.45, 2.75) is 62.9 Å². The highest BCUT2D eigenvalue weighted by molar-refractivity contribution is 7.89. The molecule has 0 bridgehead atoms. The van der Waals surface area contributed by atoms with E-state index in [9.17, 15) is 61.2 Å².